The number of rotatable bonds is 11. The van der Waals surface area contributed by atoms with Gasteiger partial charge in [0.2, 0.25) is 0 Å². The van der Waals surface area contributed by atoms with Crippen LogP contribution in [-0.2, 0) is 48.7 Å². The summed E-state index contributed by atoms with van der Waals surface area (Å²) in [7, 11) is 1.78. The van der Waals surface area contributed by atoms with Crippen molar-refractivity contribution >= 4 is 11.9 Å². The molecule has 0 amide bonds. The summed E-state index contributed by atoms with van der Waals surface area (Å²) in [6.07, 6.45) is 8.55. The molecule has 0 radical (unpaired) electrons. The number of aryl methyl sites for hydroxylation is 3. The molecule has 1 aliphatic rings. The second-order valence-electron chi connectivity index (χ2n) is 10.9. The number of aromatic nitrogens is 3. The number of methoxy groups -OCH3 is 1. The second-order valence-corrected chi connectivity index (χ2v) is 10.9. The summed E-state index contributed by atoms with van der Waals surface area (Å²) >= 11 is 0. The summed E-state index contributed by atoms with van der Waals surface area (Å²) in [6.45, 7) is 21.2. The summed E-state index contributed by atoms with van der Waals surface area (Å²) in [5.41, 5.74) is 6.45. The molecular formula is C36H44FN6O3Y. The fourth-order valence-corrected chi connectivity index (χ4v) is 4.94. The Hall–Kier alpha value is -3.07. The van der Waals surface area contributed by atoms with Gasteiger partial charge in [0, 0.05) is 51.2 Å². The van der Waals surface area contributed by atoms with Crippen LogP contribution in [0.3, 0.4) is 0 Å². The Morgan fingerprint density at radius 1 is 1.15 bits per heavy atom. The number of halogens is 1. The first kappa shape index (κ1) is 40.1. The fourth-order valence-electron chi connectivity index (χ4n) is 4.94. The van der Waals surface area contributed by atoms with Crippen molar-refractivity contribution in [3.05, 3.63) is 96.5 Å². The SMILES string of the molecule is CCc1ccc([C-]=O)c(C)c1.Cc1c(-c2cnc3c(C)nccn23)ccc(OCC#N)c1F.[CH2-]CN(C[CH2-])CCN1CC(OC)C1.[Y+3]. The van der Waals surface area contributed by atoms with Gasteiger partial charge in [-0.1, -0.05) is 19.4 Å². The molecule has 0 saturated carbocycles. The number of hydrogen-bond acceptors (Lipinski definition) is 8. The van der Waals surface area contributed by atoms with Gasteiger partial charge in [-0.3, -0.25) is 14.3 Å². The van der Waals surface area contributed by atoms with E-state index in [4.69, 9.17) is 14.7 Å². The molecule has 0 spiro atoms. The van der Waals surface area contributed by atoms with Crippen molar-refractivity contribution in [3.8, 4) is 23.1 Å². The minimum atomic E-state index is -0.464. The van der Waals surface area contributed by atoms with Crippen LogP contribution >= 0.6 is 0 Å². The van der Waals surface area contributed by atoms with E-state index in [0.29, 0.717) is 17.2 Å². The van der Waals surface area contributed by atoms with Crippen LogP contribution in [0.2, 0.25) is 0 Å². The summed E-state index contributed by atoms with van der Waals surface area (Å²) in [4.78, 5) is 23.5. The first-order valence-electron chi connectivity index (χ1n) is 15.3. The molecule has 9 nitrogen and oxygen atoms in total. The Labute approximate surface area is 304 Å². The van der Waals surface area contributed by atoms with Gasteiger partial charge >= 0.3 is 32.7 Å². The van der Waals surface area contributed by atoms with Crippen molar-refractivity contribution in [2.45, 2.75) is 40.2 Å². The Bertz CT molecular complexity index is 1610. The first-order chi connectivity index (χ1) is 22.2. The van der Waals surface area contributed by atoms with E-state index < -0.39 is 5.82 Å². The summed E-state index contributed by atoms with van der Waals surface area (Å²) in [6, 6.07) is 10.9. The van der Waals surface area contributed by atoms with Gasteiger partial charge in [-0.25, -0.2) is 9.37 Å². The van der Waals surface area contributed by atoms with E-state index in [1.807, 2.05) is 48.8 Å². The zero-order valence-corrected chi connectivity index (χ0v) is 31.0. The molecule has 0 N–H and O–H groups in total. The predicted molar refractivity (Wildman–Crippen MR) is 179 cm³/mol. The van der Waals surface area contributed by atoms with Gasteiger partial charge in [0.1, 0.15) is 6.07 Å². The smallest absolute Gasteiger partial charge is 0.476 e. The van der Waals surface area contributed by atoms with Crippen LogP contribution in [0.5, 0.6) is 5.75 Å². The maximum Gasteiger partial charge on any atom is 3.00 e. The van der Waals surface area contributed by atoms with Crippen LogP contribution < -0.4 is 4.74 Å². The minimum absolute atomic E-state index is 0. The average molecular weight is 717 g/mol. The summed E-state index contributed by atoms with van der Waals surface area (Å²) < 4.78 is 26.5. The molecular weight excluding hydrogens is 672 g/mol. The van der Waals surface area contributed by atoms with Gasteiger partial charge in [0.15, 0.2) is 23.8 Å². The van der Waals surface area contributed by atoms with E-state index in [2.05, 4.69) is 40.5 Å². The van der Waals surface area contributed by atoms with Crippen LogP contribution in [0, 0.1) is 51.8 Å². The van der Waals surface area contributed by atoms with Crippen molar-refractivity contribution in [1.82, 2.24) is 24.2 Å². The Morgan fingerprint density at radius 3 is 2.47 bits per heavy atom. The van der Waals surface area contributed by atoms with E-state index >= 15 is 0 Å². The molecule has 11 heteroatoms. The van der Waals surface area contributed by atoms with Crippen LogP contribution in [0.1, 0.15) is 34.9 Å². The number of benzene rings is 2. The van der Waals surface area contributed by atoms with Crippen LogP contribution in [0.4, 0.5) is 4.39 Å². The molecule has 0 aliphatic carbocycles. The maximum absolute atomic E-state index is 14.4. The van der Waals surface area contributed by atoms with E-state index in [1.165, 1.54) is 11.6 Å². The van der Waals surface area contributed by atoms with Gasteiger partial charge < -0.3 is 33.0 Å². The number of nitriles is 1. The van der Waals surface area contributed by atoms with Crippen molar-refractivity contribution in [2.75, 3.05) is 53.0 Å². The Morgan fingerprint density at radius 2 is 1.87 bits per heavy atom. The van der Waals surface area contributed by atoms with Gasteiger partial charge in [-0.2, -0.15) is 11.3 Å². The molecule has 2 aromatic carbocycles. The van der Waals surface area contributed by atoms with E-state index in [9.17, 15) is 9.18 Å². The van der Waals surface area contributed by atoms with Crippen LogP contribution in [0.15, 0.2) is 48.9 Å². The number of nitrogens with zero attached hydrogens (tertiary/aromatic N) is 6. The molecule has 1 fully saturated rings. The summed E-state index contributed by atoms with van der Waals surface area (Å²) in [5.74, 6) is -0.386. The number of carbonyl (C=O) groups excluding carboxylic acids is 1. The van der Waals surface area contributed by atoms with E-state index in [1.54, 1.807) is 38.7 Å². The van der Waals surface area contributed by atoms with Crippen molar-refractivity contribution in [1.29, 1.82) is 5.26 Å². The van der Waals surface area contributed by atoms with Gasteiger partial charge in [0.25, 0.3) is 0 Å². The number of imidazole rings is 1. The largest absolute Gasteiger partial charge is 3.00 e. The van der Waals surface area contributed by atoms with Gasteiger partial charge in [-0.05, 0) is 38.0 Å². The number of fused-ring (bicyclic) bond motifs is 1. The first-order valence-corrected chi connectivity index (χ1v) is 15.3. The van der Waals surface area contributed by atoms with E-state index in [0.717, 1.165) is 73.9 Å². The van der Waals surface area contributed by atoms with Crippen molar-refractivity contribution in [3.63, 3.8) is 0 Å². The second kappa shape index (κ2) is 20.3. The molecule has 47 heavy (non-hydrogen) atoms. The van der Waals surface area contributed by atoms with Crippen molar-refractivity contribution < 1.29 is 51.4 Å². The quantitative estimate of drug-likeness (QED) is 0.192. The monoisotopic (exact) mass is 716 g/mol. The molecule has 0 bridgehead atoms. The molecule has 3 heterocycles. The van der Waals surface area contributed by atoms with Gasteiger partial charge in [0.05, 0.1) is 30.0 Å². The van der Waals surface area contributed by atoms with E-state index in [-0.39, 0.29) is 45.1 Å². The maximum atomic E-state index is 14.4. The fraction of sp³-hybridized carbons (Fsp3) is 0.389. The summed E-state index contributed by atoms with van der Waals surface area (Å²) in [5, 5.41) is 8.52. The predicted octanol–water partition coefficient (Wildman–Crippen LogP) is 5.35. The standard InChI is InChI=1S/C16H13FN4O.C10H20N2O.C10H11O.Y/c1-10-12(3-4-14(15(10)17)22-8-5-18)13-9-20-16-11(2)19-6-7-21(13)16;1-4-11(5-2)6-7-12-8-10(9-12)13-3;1-3-9-4-5-10(7-11)8(2)6-9;/h3-4,6-7,9H,8H2,1-2H3;10H,1-2,4-9H2,3H3;4-6H,3H2,1-2H3;/q;-2;-1;+3. The molecule has 1 aliphatic heterocycles. The zero-order chi connectivity index (χ0) is 33.6. The number of likely N-dealkylation sites (tertiary alicyclic amines) is 1. The topological polar surface area (TPSA) is 96.0 Å². The van der Waals surface area contributed by atoms with Crippen LogP contribution in [-0.4, -0.2) is 89.5 Å². The third kappa shape index (κ3) is 11.0. The molecule has 5 rings (SSSR count). The third-order valence-corrected chi connectivity index (χ3v) is 7.95. The van der Waals surface area contributed by atoms with Crippen molar-refractivity contribution in [2.24, 2.45) is 0 Å². The molecule has 0 unspecified atom stereocenters. The molecule has 1 saturated heterocycles. The number of hydrogen-bond donors (Lipinski definition) is 0. The Balaban J connectivity index is 0.000000264. The molecule has 246 valence electrons. The zero-order valence-electron chi connectivity index (χ0n) is 28.1. The number of ether oxygens (including phenoxy) is 2. The minimum Gasteiger partial charge on any atom is -0.476 e. The Kier molecular flexibility index (Phi) is 17.4. The normalized spacial score (nSPS) is 12.6. The average Bonchev–Trinajstić information content (AvgIpc) is 3.49. The third-order valence-electron chi connectivity index (χ3n) is 7.95. The molecule has 2 aromatic heterocycles. The van der Waals surface area contributed by atoms with Gasteiger partial charge in [-0.15, -0.1) is 36.3 Å². The molecule has 0 atom stereocenters. The molecule has 4 aromatic rings. The van der Waals surface area contributed by atoms with Crippen LogP contribution in [0.25, 0.3) is 16.9 Å².